The highest BCUT2D eigenvalue weighted by Crippen LogP contribution is 2.32. The number of amides is 3. The number of ether oxygens (including phenoxy) is 2. The van der Waals surface area contributed by atoms with Gasteiger partial charge in [-0.3, -0.25) is 14.4 Å². The summed E-state index contributed by atoms with van der Waals surface area (Å²) in [5.41, 5.74) is 0.417. The predicted molar refractivity (Wildman–Crippen MR) is 120 cm³/mol. The van der Waals surface area contributed by atoms with Crippen LogP contribution in [0.4, 0.5) is 0 Å². The zero-order valence-electron chi connectivity index (χ0n) is 19.5. The Morgan fingerprint density at radius 2 is 1.75 bits per heavy atom. The molecule has 0 aromatic heterocycles. The van der Waals surface area contributed by atoms with Gasteiger partial charge in [-0.2, -0.15) is 0 Å². The van der Waals surface area contributed by atoms with Gasteiger partial charge in [-0.05, 0) is 56.2 Å². The van der Waals surface area contributed by atoms with Gasteiger partial charge in [-0.15, -0.1) is 0 Å². The number of carbonyl (C=O) groups excluding carboxylic acids is 3. The van der Waals surface area contributed by atoms with E-state index in [1.54, 1.807) is 18.2 Å². The summed E-state index contributed by atoms with van der Waals surface area (Å²) in [6, 6.07) is 4.35. The van der Waals surface area contributed by atoms with Crippen LogP contribution in [0.2, 0.25) is 0 Å². The van der Waals surface area contributed by atoms with E-state index < -0.39 is 6.04 Å². The van der Waals surface area contributed by atoms with E-state index in [2.05, 4.69) is 10.6 Å². The Morgan fingerprint density at radius 1 is 1.06 bits per heavy atom. The molecule has 2 N–H and O–H groups in total. The first-order valence-electron chi connectivity index (χ1n) is 11.6. The van der Waals surface area contributed by atoms with Gasteiger partial charge in [0.1, 0.15) is 6.04 Å². The summed E-state index contributed by atoms with van der Waals surface area (Å²) >= 11 is 0. The molecule has 8 nitrogen and oxygen atoms in total. The fourth-order valence-electron chi connectivity index (χ4n) is 4.06. The van der Waals surface area contributed by atoms with Crippen LogP contribution in [0.15, 0.2) is 18.2 Å². The van der Waals surface area contributed by atoms with Crippen molar-refractivity contribution in [2.75, 3.05) is 19.9 Å². The topological polar surface area (TPSA) is 97.0 Å². The second-order valence-electron chi connectivity index (χ2n) is 9.15. The van der Waals surface area contributed by atoms with E-state index in [-0.39, 0.29) is 36.5 Å². The van der Waals surface area contributed by atoms with Crippen molar-refractivity contribution < 1.29 is 23.9 Å². The van der Waals surface area contributed by atoms with Gasteiger partial charge >= 0.3 is 0 Å². The molecule has 32 heavy (non-hydrogen) atoms. The first-order valence-corrected chi connectivity index (χ1v) is 11.6. The van der Waals surface area contributed by atoms with E-state index in [4.69, 9.17) is 9.47 Å². The van der Waals surface area contributed by atoms with Crippen molar-refractivity contribution in [1.82, 2.24) is 15.5 Å². The number of hydrogen-bond donors (Lipinski definition) is 2. The smallest absolute Gasteiger partial charge is 0.252 e. The maximum absolute atomic E-state index is 13.1. The Labute approximate surface area is 190 Å². The lowest BCUT2D eigenvalue weighted by atomic mass is 9.88. The third kappa shape index (κ3) is 5.93. The molecule has 1 aromatic rings. The maximum Gasteiger partial charge on any atom is 0.252 e. The average Bonchev–Trinajstić information content (AvgIpc) is 3.24. The summed E-state index contributed by atoms with van der Waals surface area (Å²) < 4.78 is 10.7. The first-order chi connectivity index (χ1) is 15.3. The minimum absolute atomic E-state index is 0.0140. The molecular formula is C24H35N3O5. The lowest BCUT2D eigenvalue weighted by Crippen LogP contribution is -2.55. The number of piperidine rings is 1. The molecule has 8 heteroatoms. The molecule has 0 unspecified atom stereocenters. The van der Waals surface area contributed by atoms with Crippen molar-refractivity contribution in [3.63, 3.8) is 0 Å². The number of carbonyl (C=O) groups is 3. The van der Waals surface area contributed by atoms with Gasteiger partial charge < -0.3 is 25.0 Å². The van der Waals surface area contributed by atoms with E-state index in [0.29, 0.717) is 55.3 Å². The van der Waals surface area contributed by atoms with Gasteiger partial charge in [0.15, 0.2) is 11.5 Å². The van der Waals surface area contributed by atoms with Crippen molar-refractivity contribution in [3.05, 3.63) is 23.8 Å². The third-order valence-corrected chi connectivity index (χ3v) is 6.15. The van der Waals surface area contributed by atoms with E-state index in [1.165, 1.54) is 0 Å². The molecule has 2 atom stereocenters. The third-order valence-electron chi connectivity index (χ3n) is 6.15. The number of fused-ring (bicyclic) bond motifs is 1. The minimum Gasteiger partial charge on any atom is -0.454 e. The Morgan fingerprint density at radius 3 is 2.41 bits per heavy atom. The van der Waals surface area contributed by atoms with Crippen LogP contribution in [0.5, 0.6) is 11.5 Å². The van der Waals surface area contributed by atoms with Gasteiger partial charge in [0, 0.05) is 31.1 Å². The molecule has 0 aliphatic carbocycles. The Kier molecular flexibility index (Phi) is 7.99. The van der Waals surface area contributed by atoms with Crippen LogP contribution >= 0.6 is 0 Å². The number of hydrogen-bond acceptors (Lipinski definition) is 5. The van der Waals surface area contributed by atoms with Gasteiger partial charge in [0.2, 0.25) is 18.6 Å². The van der Waals surface area contributed by atoms with Crippen molar-refractivity contribution >= 4 is 17.7 Å². The fourth-order valence-corrected chi connectivity index (χ4v) is 4.06. The molecule has 1 fully saturated rings. The molecule has 3 amide bonds. The lowest BCUT2D eigenvalue weighted by Gasteiger charge is -2.36. The fraction of sp³-hybridized carbons (Fsp3) is 0.625. The summed E-state index contributed by atoms with van der Waals surface area (Å²) in [4.78, 5) is 40.4. The molecule has 0 spiro atoms. The van der Waals surface area contributed by atoms with Crippen LogP contribution in [0.1, 0.15) is 63.7 Å². The largest absolute Gasteiger partial charge is 0.454 e. The monoisotopic (exact) mass is 445 g/mol. The SMILES string of the molecule is CC[C@@H](C)NC(=O)[C@@H](NC(=O)c1ccc2c(c1)OCO2)C1CCN(C(=O)CC(C)C)CC1. The molecule has 0 saturated carbocycles. The zero-order valence-corrected chi connectivity index (χ0v) is 19.5. The minimum atomic E-state index is -0.663. The second kappa shape index (κ2) is 10.7. The Hall–Kier alpha value is -2.77. The second-order valence-corrected chi connectivity index (χ2v) is 9.15. The van der Waals surface area contributed by atoms with Crippen LogP contribution in [0.25, 0.3) is 0 Å². The van der Waals surface area contributed by atoms with Gasteiger partial charge in [-0.1, -0.05) is 20.8 Å². The number of nitrogens with one attached hydrogen (secondary N) is 2. The van der Waals surface area contributed by atoms with Crippen molar-refractivity contribution in [1.29, 1.82) is 0 Å². The molecule has 0 radical (unpaired) electrons. The average molecular weight is 446 g/mol. The number of nitrogens with zero attached hydrogens (tertiary/aromatic N) is 1. The summed E-state index contributed by atoms with van der Waals surface area (Å²) in [6.45, 7) is 9.35. The van der Waals surface area contributed by atoms with Crippen LogP contribution in [-0.4, -0.2) is 54.6 Å². The van der Waals surface area contributed by atoms with E-state index in [9.17, 15) is 14.4 Å². The summed E-state index contributed by atoms with van der Waals surface area (Å²) in [6.07, 6.45) is 2.67. The molecule has 176 valence electrons. The van der Waals surface area contributed by atoms with E-state index >= 15 is 0 Å². The number of rotatable bonds is 8. The van der Waals surface area contributed by atoms with Crippen LogP contribution in [-0.2, 0) is 9.59 Å². The molecule has 1 aromatic carbocycles. The molecular weight excluding hydrogens is 410 g/mol. The molecule has 2 aliphatic heterocycles. The maximum atomic E-state index is 13.1. The lowest BCUT2D eigenvalue weighted by molar-refractivity contribution is -0.133. The van der Waals surface area contributed by atoms with Crippen molar-refractivity contribution in [2.45, 2.75) is 65.5 Å². The summed E-state index contributed by atoms with van der Waals surface area (Å²) in [5.74, 6) is 1.05. The number of benzene rings is 1. The molecule has 2 heterocycles. The van der Waals surface area contributed by atoms with E-state index in [1.807, 2.05) is 32.6 Å². The van der Waals surface area contributed by atoms with Crippen molar-refractivity contribution in [3.8, 4) is 11.5 Å². The highest BCUT2D eigenvalue weighted by atomic mass is 16.7. The summed E-state index contributed by atoms with van der Waals surface area (Å²) in [5, 5.41) is 5.96. The normalized spacial score (nSPS) is 17.7. The standard InChI is InChI=1S/C24H35N3O5/c1-5-16(4)25-24(30)22(17-8-10-27(11-9-17)21(28)12-15(2)3)26-23(29)18-6-7-19-20(13-18)32-14-31-19/h6-7,13,15-17,22H,5,8-12,14H2,1-4H3,(H,25,30)(H,26,29)/t16-,22+/m1/s1. The quantitative estimate of drug-likeness (QED) is 0.641. The number of likely N-dealkylation sites (tertiary alicyclic amines) is 1. The van der Waals surface area contributed by atoms with Gasteiger partial charge in [0.25, 0.3) is 5.91 Å². The van der Waals surface area contributed by atoms with Crippen LogP contribution in [0, 0.1) is 11.8 Å². The highest BCUT2D eigenvalue weighted by molar-refractivity contribution is 5.98. The first kappa shape index (κ1) is 23.9. The molecule has 2 aliphatic rings. The molecule has 0 bridgehead atoms. The van der Waals surface area contributed by atoms with Gasteiger partial charge in [0.05, 0.1) is 0 Å². The van der Waals surface area contributed by atoms with E-state index in [0.717, 1.165) is 6.42 Å². The van der Waals surface area contributed by atoms with Crippen molar-refractivity contribution in [2.24, 2.45) is 11.8 Å². The van der Waals surface area contributed by atoms with Gasteiger partial charge in [-0.25, -0.2) is 0 Å². The zero-order chi connectivity index (χ0) is 23.3. The molecule has 1 saturated heterocycles. The molecule has 3 rings (SSSR count). The Bertz CT molecular complexity index is 833. The summed E-state index contributed by atoms with van der Waals surface area (Å²) in [7, 11) is 0. The Balaban J connectivity index is 1.69. The van der Waals surface area contributed by atoms with Crippen LogP contribution < -0.4 is 20.1 Å². The highest BCUT2D eigenvalue weighted by Gasteiger charge is 2.34. The van der Waals surface area contributed by atoms with Crippen LogP contribution in [0.3, 0.4) is 0 Å². The predicted octanol–water partition coefficient (Wildman–Crippen LogP) is 2.71.